The minimum atomic E-state index is -3.65. The average Bonchev–Trinajstić information content (AvgIpc) is 3.01. The fraction of sp³-hybridized carbons (Fsp3) is 0.529. The topological polar surface area (TPSA) is 127 Å². The van der Waals surface area contributed by atoms with Crippen molar-refractivity contribution >= 4 is 31.3 Å². The van der Waals surface area contributed by atoms with Gasteiger partial charge in [-0.15, -0.1) is 0 Å². The van der Waals surface area contributed by atoms with E-state index in [9.17, 15) is 21.6 Å². The van der Waals surface area contributed by atoms with Crippen molar-refractivity contribution in [1.29, 1.82) is 0 Å². The molecular weight excluding hydrogens is 420 g/mol. The first-order valence-corrected chi connectivity index (χ1v) is 12.6. The number of ether oxygens (including phenoxy) is 1. The first-order valence-electron chi connectivity index (χ1n) is 9.07. The normalized spacial score (nSPS) is 21.3. The van der Waals surface area contributed by atoms with E-state index in [-0.39, 0.29) is 48.4 Å². The number of pyridine rings is 1. The van der Waals surface area contributed by atoms with Gasteiger partial charge in [-0.25, -0.2) is 21.8 Å². The summed E-state index contributed by atoms with van der Waals surface area (Å²) in [5, 5.41) is 2.28. The number of imidazole rings is 1. The van der Waals surface area contributed by atoms with Crippen molar-refractivity contribution in [3.8, 4) is 0 Å². The first kappa shape index (κ1) is 21.7. The minimum absolute atomic E-state index is 0.0722. The van der Waals surface area contributed by atoms with Crippen LogP contribution in [0.1, 0.15) is 24.3 Å². The summed E-state index contributed by atoms with van der Waals surface area (Å²) in [4.78, 5) is 16.5. The average molecular weight is 445 g/mol. The van der Waals surface area contributed by atoms with Crippen LogP contribution in [0.3, 0.4) is 0 Å². The minimum Gasteiger partial charge on any atom is -0.373 e. The van der Waals surface area contributed by atoms with Crippen LogP contribution in [-0.4, -0.2) is 80.3 Å². The zero-order valence-corrected chi connectivity index (χ0v) is 18.0. The molecule has 2 aromatic heterocycles. The standard InChI is InChI=1S/C17H24N4O6S2/c1-12-10-20(11-13(2)27-12)29(25,26)9-7-18-16(22)15-14-6-4-5-8-21(14)17(19-15)28(3,23)24/h4-6,8,12-13H,7,9-11H2,1-3H3,(H,18,22). The summed E-state index contributed by atoms with van der Waals surface area (Å²) >= 11 is 0. The Hall–Kier alpha value is -2.02. The Bertz CT molecular complexity index is 1120. The Morgan fingerprint density at radius 3 is 2.48 bits per heavy atom. The molecule has 1 saturated heterocycles. The van der Waals surface area contributed by atoms with Crippen LogP contribution in [-0.2, 0) is 24.6 Å². The molecule has 2 atom stereocenters. The van der Waals surface area contributed by atoms with Gasteiger partial charge in [-0.2, -0.15) is 4.31 Å². The molecule has 1 aliphatic heterocycles. The molecule has 160 valence electrons. The van der Waals surface area contributed by atoms with Crippen molar-refractivity contribution in [3.05, 3.63) is 30.1 Å². The van der Waals surface area contributed by atoms with Crippen LogP contribution in [0, 0.1) is 0 Å². The number of hydrogen-bond acceptors (Lipinski definition) is 7. The number of carbonyl (C=O) groups excluding carboxylic acids is 1. The van der Waals surface area contributed by atoms with Gasteiger partial charge in [-0.1, -0.05) is 6.07 Å². The lowest BCUT2D eigenvalue weighted by atomic mass is 10.3. The highest BCUT2D eigenvalue weighted by atomic mass is 32.2. The van der Waals surface area contributed by atoms with Crippen molar-refractivity contribution in [3.63, 3.8) is 0 Å². The number of carbonyl (C=O) groups is 1. The molecule has 0 aliphatic carbocycles. The molecule has 12 heteroatoms. The molecule has 0 aromatic carbocycles. The molecule has 3 heterocycles. The lowest BCUT2D eigenvalue weighted by molar-refractivity contribution is -0.0440. The van der Waals surface area contributed by atoms with E-state index in [4.69, 9.17) is 4.74 Å². The zero-order chi connectivity index (χ0) is 21.4. The zero-order valence-electron chi connectivity index (χ0n) is 16.4. The predicted octanol–water partition coefficient (Wildman–Crippen LogP) is -0.0934. The number of rotatable bonds is 6. The fourth-order valence-electron chi connectivity index (χ4n) is 3.30. The predicted molar refractivity (Wildman–Crippen MR) is 106 cm³/mol. The van der Waals surface area contributed by atoms with E-state index in [2.05, 4.69) is 10.3 Å². The van der Waals surface area contributed by atoms with Crippen LogP contribution in [0.2, 0.25) is 0 Å². The largest absolute Gasteiger partial charge is 0.373 e. The number of nitrogens with zero attached hydrogens (tertiary/aromatic N) is 3. The number of fused-ring (bicyclic) bond motifs is 1. The van der Waals surface area contributed by atoms with Crippen molar-refractivity contribution in [1.82, 2.24) is 19.0 Å². The number of nitrogens with one attached hydrogen (secondary N) is 1. The Kier molecular flexibility index (Phi) is 5.99. The van der Waals surface area contributed by atoms with Gasteiger partial charge in [-0.3, -0.25) is 9.20 Å². The van der Waals surface area contributed by atoms with Gasteiger partial charge < -0.3 is 10.1 Å². The number of sulfonamides is 1. The summed E-state index contributed by atoms with van der Waals surface area (Å²) in [6.07, 6.45) is 2.11. The molecule has 2 aromatic rings. The Morgan fingerprint density at radius 2 is 1.86 bits per heavy atom. The van der Waals surface area contributed by atoms with Gasteiger partial charge in [0, 0.05) is 32.1 Å². The highest BCUT2D eigenvalue weighted by Gasteiger charge is 2.31. The van der Waals surface area contributed by atoms with E-state index >= 15 is 0 Å². The van der Waals surface area contributed by atoms with Crippen LogP contribution >= 0.6 is 0 Å². The monoisotopic (exact) mass is 444 g/mol. The number of sulfone groups is 1. The van der Waals surface area contributed by atoms with Gasteiger partial charge >= 0.3 is 0 Å². The Balaban J connectivity index is 1.72. The number of hydrogen-bond donors (Lipinski definition) is 1. The maximum absolute atomic E-state index is 12.6. The van der Waals surface area contributed by atoms with E-state index in [1.165, 1.54) is 14.9 Å². The maximum Gasteiger partial charge on any atom is 0.272 e. The van der Waals surface area contributed by atoms with Crippen molar-refractivity contribution < 1.29 is 26.4 Å². The highest BCUT2D eigenvalue weighted by Crippen LogP contribution is 2.17. The molecule has 3 rings (SSSR count). The molecule has 10 nitrogen and oxygen atoms in total. The number of morpholine rings is 1. The van der Waals surface area contributed by atoms with Crippen LogP contribution in [0.15, 0.2) is 29.6 Å². The first-order chi connectivity index (χ1) is 13.5. The lowest BCUT2D eigenvalue weighted by Gasteiger charge is -2.34. The van der Waals surface area contributed by atoms with Crippen LogP contribution in [0.4, 0.5) is 0 Å². The van der Waals surface area contributed by atoms with Crippen molar-refractivity contribution in [2.75, 3.05) is 31.6 Å². The van der Waals surface area contributed by atoms with Gasteiger partial charge in [-0.05, 0) is 26.0 Å². The van der Waals surface area contributed by atoms with Gasteiger partial charge in [0.15, 0.2) is 5.69 Å². The number of amides is 1. The van der Waals surface area contributed by atoms with Gasteiger partial charge in [0.25, 0.3) is 5.91 Å². The van der Waals surface area contributed by atoms with Gasteiger partial charge in [0.05, 0.1) is 23.5 Å². The second kappa shape index (κ2) is 8.01. The van der Waals surface area contributed by atoms with Crippen LogP contribution < -0.4 is 5.32 Å². The highest BCUT2D eigenvalue weighted by molar-refractivity contribution is 7.90. The number of aromatic nitrogens is 2. The van der Waals surface area contributed by atoms with Crippen molar-refractivity contribution in [2.45, 2.75) is 31.2 Å². The van der Waals surface area contributed by atoms with Gasteiger partial charge in [0.2, 0.25) is 25.0 Å². The van der Waals surface area contributed by atoms with E-state index in [0.717, 1.165) is 6.26 Å². The second-order valence-corrected chi connectivity index (χ2v) is 11.1. The molecule has 0 radical (unpaired) electrons. The molecule has 2 unspecified atom stereocenters. The van der Waals surface area contributed by atoms with Crippen molar-refractivity contribution in [2.24, 2.45) is 0 Å². The lowest BCUT2D eigenvalue weighted by Crippen LogP contribution is -2.49. The fourth-order valence-corrected chi connectivity index (χ4v) is 5.57. The molecular formula is C17H24N4O6S2. The van der Waals surface area contributed by atoms with Crippen LogP contribution in [0.25, 0.3) is 5.52 Å². The maximum atomic E-state index is 12.6. The quantitative estimate of drug-likeness (QED) is 0.659. The van der Waals surface area contributed by atoms with E-state index in [0.29, 0.717) is 5.52 Å². The molecule has 0 spiro atoms. The van der Waals surface area contributed by atoms with E-state index in [1.807, 2.05) is 13.8 Å². The summed E-state index contributed by atoms with van der Waals surface area (Å²) < 4.78 is 57.2. The Labute approximate surface area is 169 Å². The molecule has 29 heavy (non-hydrogen) atoms. The summed E-state index contributed by atoms with van der Waals surface area (Å²) in [6.45, 7) is 4.03. The smallest absolute Gasteiger partial charge is 0.272 e. The van der Waals surface area contributed by atoms with E-state index in [1.54, 1.807) is 18.2 Å². The summed E-state index contributed by atoms with van der Waals surface area (Å²) in [5.74, 6) is -0.911. The molecule has 0 saturated carbocycles. The van der Waals surface area contributed by atoms with Gasteiger partial charge in [0.1, 0.15) is 0 Å². The summed E-state index contributed by atoms with van der Waals surface area (Å²) in [7, 11) is -7.22. The van der Waals surface area contributed by atoms with E-state index < -0.39 is 25.8 Å². The molecule has 0 bridgehead atoms. The third-order valence-corrected chi connectivity index (χ3v) is 7.24. The third-order valence-electron chi connectivity index (χ3n) is 4.49. The third kappa shape index (κ3) is 4.77. The molecule has 1 amide bonds. The molecule has 1 aliphatic rings. The summed E-state index contributed by atoms with van der Waals surface area (Å²) in [5.41, 5.74) is 0.251. The summed E-state index contributed by atoms with van der Waals surface area (Å²) in [6, 6.07) is 4.86. The Morgan fingerprint density at radius 1 is 1.21 bits per heavy atom. The molecule has 1 fully saturated rings. The SMILES string of the molecule is CC1CN(S(=O)(=O)CCNC(=O)c2nc(S(C)(=O)=O)n3ccccc23)CC(C)O1. The molecule has 1 N–H and O–H groups in total. The second-order valence-electron chi connectivity index (χ2n) is 7.12. The van der Waals surface area contributed by atoms with Crippen LogP contribution in [0.5, 0.6) is 0 Å².